The van der Waals surface area contributed by atoms with Crippen LogP contribution < -0.4 is 10.6 Å². The number of nitrogens with one attached hydrogen (secondary N) is 2. The maximum absolute atomic E-state index is 14.1. The maximum Gasteiger partial charge on any atom is 0.408 e. The molecule has 212 valence electrons. The Bertz CT molecular complexity index is 1170. The SMILES string of the molecule is C=CCN(C(=O)C(CCSC)NC(=O)OC(C)(C)C)C(C(=O)Nc1c(C)cccc1C)c1ccc(O)c(C)c1. The summed E-state index contributed by atoms with van der Waals surface area (Å²) in [6.07, 6.45) is 3.09. The van der Waals surface area contributed by atoms with Gasteiger partial charge in [0, 0.05) is 12.2 Å². The Labute approximate surface area is 236 Å². The van der Waals surface area contributed by atoms with E-state index >= 15 is 0 Å². The minimum absolute atomic E-state index is 0.0510. The number of phenols is 1. The summed E-state index contributed by atoms with van der Waals surface area (Å²) in [5, 5.41) is 15.9. The van der Waals surface area contributed by atoms with E-state index in [-0.39, 0.29) is 12.3 Å². The first-order chi connectivity index (χ1) is 18.3. The van der Waals surface area contributed by atoms with E-state index in [0.29, 0.717) is 29.0 Å². The first-order valence-corrected chi connectivity index (χ1v) is 14.2. The second-order valence-corrected chi connectivity index (χ2v) is 11.4. The molecule has 3 amide bonds. The van der Waals surface area contributed by atoms with Crippen molar-refractivity contribution < 1.29 is 24.2 Å². The molecule has 0 saturated carbocycles. The highest BCUT2D eigenvalue weighted by atomic mass is 32.2. The second kappa shape index (κ2) is 14.1. The Morgan fingerprint density at radius 2 is 1.74 bits per heavy atom. The molecule has 2 rings (SSSR count). The fourth-order valence-corrected chi connectivity index (χ4v) is 4.60. The number of hydrogen-bond donors (Lipinski definition) is 3. The molecular weight excluding hydrogens is 514 g/mol. The van der Waals surface area contributed by atoms with E-state index in [4.69, 9.17) is 4.74 Å². The third-order valence-corrected chi connectivity index (χ3v) is 6.68. The van der Waals surface area contributed by atoms with Crippen LogP contribution in [0, 0.1) is 20.8 Å². The van der Waals surface area contributed by atoms with Gasteiger partial charge in [0.15, 0.2) is 0 Å². The lowest BCUT2D eigenvalue weighted by atomic mass is 9.99. The topological polar surface area (TPSA) is 108 Å². The molecule has 9 heteroatoms. The van der Waals surface area contributed by atoms with Gasteiger partial charge in [-0.25, -0.2) is 4.79 Å². The molecule has 0 fully saturated rings. The number of anilines is 1. The van der Waals surface area contributed by atoms with E-state index in [2.05, 4.69) is 17.2 Å². The molecule has 0 spiro atoms. The maximum atomic E-state index is 14.1. The van der Waals surface area contributed by atoms with Gasteiger partial charge in [0.2, 0.25) is 5.91 Å². The number of rotatable bonds is 11. The van der Waals surface area contributed by atoms with Gasteiger partial charge in [0.1, 0.15) is 23.4 Å². The van der Waals surface area contributed by atoms with Gasteiger partial charge in [-0.3, -0.25) is 9.59 Å². The van der Waals surface area contributed by atoms with Crippen LogP contribution in [0.1, 0.15) is 55.5 Å². The summed E-state index contributed by atoms with van der Waals surface area (Å²) in [6.45, 7) is 14.6. The van der Waals surface area contributed by atoms with Crippen LogP contribution in [0.15, 0.2) is 49.1 Å². The smallest absolute Gasteiger partial charge is 0.408 e. The normalized spacial score (nSPS) is 12.7. The molecule has 2 atom stereocenters. The highest BCUT2D eigenvalue weighted by Gasteiger charge is 2.36. The molecule has 3 N–H and O–H groups in total. The lowest BCUT2D eigenvalue weighted by Crippen LogP contribution is -2.52. The summed E-state index contributed by atoms with van der Waals surface area (Å²) in [7, 11) is 0. The molecule has 39 heavy (non-hydrogen) atoms. The van der Waals surface area contributed by atoms with Gasteiger partial charge in [0.05, 0.1) is 0 Å². The van der Waals surface area contributed by atoms with Crippen LogP contribution in [0.3, 0.4) is 0 Å². The van der Waals surface area contributed by atoms with E-state index in [1.54, 1.807) is 57.7 Å². The second-order valence-electron chi connectivity index (χ2n) is 10.5. The summed E-state index contributed by atoms with van der Waals surface area (Å²) in [5.74, 6) is -0.180. The van der Waals surface area contributed by atoms with Crippen molar-refractivity contribution in [2.75, 3.05) is 23.9 Å². The zero-order valence-corrected chi connectivity index (χ0v) is 24.8. The summed E-state index contributed by atoms with van der Waals surface area (Å²) in [4.78, 5) is 42.1. The first kappa shape index (κ1) is 31.8. The molecule has 2 unspecified atom stereocenters. The van der Waals surface area contributed by atoms with Crippen molar-refractivity contribution in [1.82, 2.24) is 10.2 Å². The fraction of sp³-hybridized carbons (Fsp3) is 0.433. The Morgan fingerprint density at radius 3 is 2.28 bits per heavy atom. The van der Waals surface area contributed by atoms with Crippen molar-refractivity contribution in [2.24, 2.45) is 0 Å². The van der Waals surface area contributed by atoms with Crippen LogP contribution in [-0.2, 0) is 14.3 Å². The number of benzene rings is 2. The number of aromatic hydroxyl groups is 1. The third kappa shape index (κ3) is 9.06. The average Bonchev–Trinajstić information content (AvgIpc) is 2.84. The molecule has 0 radical (unpaired) electrons. The standard InChI is InChI=1S/C30H41N3O5S/c1-9-16-33(28(36)23(15-17-39-8)31-29(37)38-30(5,6)7)26(22-13-14-24(34)21(4)18-22)27(35)32-25-19(2)11-10-12-20(25)3/h9-14,18,23,26,34H,1,15-17H2,2-8H3,(H,31,37)(H,32,35). The number of aryl methyl sites for hydroxylation is 3. The number of carbonyl (C=O) groups is 3. The van der Waals surface area contributed by atoms with Gasteiger partial charge in [-0.1, -0.05) is 30.3 Å². The summed E-state index contributed by atoms with van der Waals surface area (Å²) in [6, 6.07) is 8.53. The number of nitrogens with zero attached hydrogens (tertiary/aromatic N) is 1. The van der Waals surface area contributed by atoms with Gasteiger partial charge >= 0.3 is 6.09 Å². The van der Waals surface area contributed by atoms with Gasteiger partial charge < -0.3 is 25.4 Å². The van der Waals surface area contributed by atoms with Gasteiger partial charge in [-0.2, -0.15) is 11.8 Å². The predicted octanol–water partition coefficient (Wildman–Crippen LogP) is 5.66. The summed E-state index contributed by atoms with van der Waals surface area (Å²) >= 11 is 1.54. The van der Waals surface area contributed by atoms with E-state index in [9.17, 15) is 19.5 Å². The van der Waals surface area contributed by atoms with Crippen LogP contribution in [0.5, 0.6) is 5.75 Å². The van der Waals surface area contributed by atoms with Crippen LogP contribution >= 0.6 is 11.8 Å². The third-order valence-electron chi connectivity index (χ3n) is 6.03. The van der Waals surface area contributed by atoms with Crippen LogP contribution in [0.2, 0.25) is 0 Å². The number of para-hydroxylation sites is 1. The molecule has 0 aliphatic rings. The lowest BCUT2D eigenvalue weighted by Gasteiger charge is -2.34. The molecule has 2 aromatic carbocycles. The van der Waals surface area contributed by atoms with Crippen LogP contribution in [0.4, 0.5) is 10.5 Å². The predicted molar refractivity (Wildman–Crippen MR) is 158 cm³/mol. The Balaban J connectivity index is 2.57. The average molecular weight is 556 g/mol. The minimum atomic E-state index is -1.06. The van der Waals surface area contributed by atoms with Gasteiger partial charge in [-0.05, 0) is 94.4 Å². The monoisotopic (exact) mass is 555 g/mol. The molecule has 0 aromatic heterocycles. The zero-order chi connectivity index (χ0) is 29.3. The Morgan fingerprint density at radius 1 is 1.10 bits per heavy atom. The molecule has 0 aliphatic carbocycles. The van der Waals surface area contributed by atoms with Crippen molar-refractivity contribution in [3.8, 4) is 5.75 Å². The van der Waals surface area contributed by atoms with Crippen molar-refractivity contribution in [1.29, 1.82) is 0 Å². The summed E-state index contributed by atoms with van der Waals surface area (Å²) < 4.78 is 5.41. The number of carbonyl (C=O) groups excluding carboxylic acids is 3. The molecule has 0 saturated heterocycles. The molecular formula is C30H41N3O5S. The quantitative estimate of drug-likeness (QED) is 0.309. The molecule has 0 heterocycles. The van der Waals surface area contributed by atoms with Crippen LogP contribution in [-0.4, -0.2) is 58.1 Å². The Hall–Kier alpha value is -3.46. The fourth-order valence-electron chi connectivity index (χ4n) is 4.13. The van der Waals surface area contributed by atoms with E-state index in [0.717, 1.165) is 11.1 Å². The highest BCUT2D eigenvalue weighted by molar-refractivity contribution is 7.98. The molecule has 0 aliphatic heterocycles. The number of alkyl carbamates (subject to hydrolysis) is 1. The molecule has 2 aromatic rings. The number of amides is 3. The molecule has 0 bridgehead atoms. The largest absolute Gasteiger partial charge is 0.508 e. The highest BCUT2D eigenvalue weighted by Crippen LogP contribution is 2.30. The van der Waals surface area contributed by atoms with E-state index in [1.807, 2.05) is 38.3 Å². The Kier molecular flexibility index (Phi) is 11.5. The first-order valence-electron chi connectivity index (χ1n) is 12.9. The number of phenolic OH excluding ortho intramolecular Hbond substituents is 1. The van der Waals surface area contributed by atoms with E-state index in [1.165, 1.54) is 11.0 Å². The van der Waals surface area contributed by atoms with Crippen molar-refractivity contribution >= 4 is 35.4 Å². The van der Waals surface area contributed by atoms with Crippen molar-refractivity contribution in [3.05, 3.63) is 71.3 Å². The minimum Gasteiger partial charge on any atom is -0.508 e. The van der Waals surface area contributed by atoms with E-state index < -0.39 is 35.6 Å². The number of ether oxygens (including phenoxy) is 1. The number of thioether (sulfide) groups is 1. The van der Waals surface area contributed by atoms with Gasteiger partial charge in [-0.15, -0.1) is 6.58 Å². The number of hydrogen-bond acceptors (Lipinski definition) is 6. The molecule has 8 nitrogen and oxygen atoms in total. The van der Waals surface area contributed by atoms with Gasteiger partial charge in [0.25, 0.3) is 5.91 Å². The lowest BCUT2D eigenvalue weighted by molar-refractivity contribution is -0.140. The summed E-state index contributed by atoms with van der Waals surface area (Å²) in [5.41, 5.74) is 2.78. The van der Waals surface area contributed by atoms with Crippen molar-refractivity contribution in [2.45, 2.75) is 65.6 Å². The zero-order valence-electron chi connectivity index (χ0n) is 24.0. The van der Waals surface area contributed by atoms with Crippen molar-refractivity contribution in [3.63, 3.8) is 0 Å². The van der Waals surface area contributed by atoms with Crippen LogP contribution in [0.25, 0.3) is 0 Å².